The first kappa shape index (κ1) is 15.3. The standard InChI is InChI=1S/C14H7ClF4O2/c15-8-4-6-9(7-5-8)21-13(20)10-2-1-3-11(12(10)16)14(17,18)19/h1-7H. The first-order valence-electron chi connectivity index (χ1n) is 5.62. The summed E-state index contributed by atoms with van der Waals surface area (Å²) in [6, 6.07) is 7.93. The van der Waals surface area contributed by atoms with Crippen LogP contribution in [-0.4, -0.2) is 5.97 Å². The van der Waals surface area contributed by atoms with E-state index in [0.717, 1.165) is 12.1 Å². The quantitative estimate of drug-likeness (QED) is 0.455. The zero-order valence-electron chi connectivity index (χ0n) is 10.2. The van der Waals surface area contributed by atoms with Gasteiger partial charge in [0.15, 0.2) is 0 Å². The van der Waals surface area contributed by atoms with E-state index in [9.17, 15) is 22.4 Å². The Kier molecular flexibility index (Phi) is 4.18. The van der Waals surface area contributed by atoms with Gasteiger partial charge in [0.2, 0.25) is 0 Å². The predicted molar refractivity (Wildman–Crippen MR) is 67.8 cm³/mol. The Morgan fingerprint density at radius 2 is 1.67 bits per heavy atom. The summed E-state index contributed by atoms with van der Waals surface area (Å²) in [6.45, 7) is 0. The molecule has 0 atom stereocenters. The Bertz CT molecular complexity index is 666. The van der Waals surface area contributed by atoms with E-state index in [1.54, 1.807) is 0 Å². The maximum atomic E-state index is 13.7. The summed E-state index contributed by atoms with van der Waals surface area (Å²) >= 11 is 5.64. The van der Waals surface area contributed by atoms with Crippen molar-refractivity contribution in [3.63, 3.8) is 0 Å². The second kappa shape index (κ2) is 5.73. The van der Waals surface area contributed by atoms with Gasteiger partial charge in [-0.3, -0.25) is 0 Å². The van der Waals surface area contributed by atoms with Gasteiger partial charge in [-0.2, -0.15) is 13.2 Å². The normalized spacial score (nSPS) is 11.3. The summed E-state index contributed by atoms with van der Waals surface area (Å²) in [5, 5.41) is 0.389. The van der Waals surface area contributed by atoms with E-state index >= 15 is 0 Å². The minimum atomic E-state index is -4.89. The van der Waals surface area contributed by atoms with Crippen LogP contribution in [0.4, 0.5) is 17.6 Å². The zero-order valence-corrected chi connectivity index (χ0v) is 11.0. The molecule has 0 aliphatic carbocycles. The summed E-state index contributed by atoms with van der Waals surface area (Å²) in [4.78, 5) is 11.7. The lowest BCUT2D eigenvalue weighted by atomic mass is 10.1. The molecule has 0 unspecified atom stereocenters. The Morgan fingerprint density at radius 3 is 2.24 bits per heavy atom. The van der Waals surface area contributed by atoms with Gasteiger partial charge in [-0.25, -0.2) is 9.18 Å². The molecule has 0 radical (unpaired) electrons. The van der Waals surface area contributed by atoms with Crippen molar-refractivity contribution in [3.05, 3.63) is 64.4 Å². The molecule has 110 valence electrons. The Hall–Kier alpha value is -2.08. The lowest BCUT2D eigenvalue weighted by Crippen LogP contribution is -2.15. The molecule has 0 fully saturated rings. The molecule has 0 amide bonds. The largest absolute Gasteiger partial charge is 0.423 e. The predicted octanol–water partition coefficient (Wildman–Crippen LogP) is 4.72. The van der Waals surface area contributed by atoms with Crippen LogP contribution >= 0.6 is 11.6 Å². The number of carbonyl (C=O) groups excluding carboxylic acids is 1. The van der Waals surface area contributed by atoms with Crippen LogP contribution in [0.15, 0.2) is 42.5 Å². The van der Waals surface area contributed by atoms with Crippen molar-refractivity contribution in [1.82, 2.24) is 0 Å². The van der Waals surface area contributed by atoms with Crippen LogP contribution in [0.5, 0.6) is 5.75 Å². The molecule has 0 bridgehead atoms. The Labute approximate surface area is 121 Å². The minimum Gasteiger partial charge on any atom is -0.423 e. The highest BCUT2D eigenvalue weighted by molar-refractivity contribution is 6.30. The molecular weight excluding hydrogens is 312 g/mol. The third kappa shape index (κ3) is 3.52. The molecule has 0 heterocycles. The SMILES string of the molecule is O=C(Oc1ccc(Cl)cc1)c1cccc(C(F)(F)F)c1F. The molecule has 0 aliphatic heterocycles. The lowest BCUT2D eigenvalue weighted by Gasteiger charge is -2.10. The monoisotopic (exact) mass is 318 g/mol. The van der Waals surface area contributed by atoms with E-state index in [1.807, 2.05) is 0 Å². The van der Waals surface area contributed by atoms with Crippen LogP contribution in [0.3, 0.4) is 0 Å². The summed E-state index contributed by atoms with van der Waals surface area (Å²) in [5.41, 5.74) is -2.31. The molecule has 0 spiro atoms. The summed E-state index contributed by atoms with van der Waals surface area (Å²) in [6.07, 6.45) is -4.89. The number of hydrogen-bond acceptors (Lipinski definition) is 2. The van der Waals surface area contributed by atoms with E-state index in [0.29, 0.717) is 11.1 Å². The van der Waals surface area contributed by atoms with Crippen molar-refractivity contribution in [1.29, 1.82) is 0 Å². The fraction of sp³-hybridized carbons (Fsp3) is 0.0714. The fourth-order valence-corrected chi connectivity index (χ4v) is 1.70. The summed E-state index contributed by atoms with van der Waals surface area (Å²) in [7, 11) is 0. The number of carbonyl (C=O) groups is 1. The van der Waals surface area contributed by atoms with Crippen molar-refractivity contribution < 1.29 is 27.1 Å². The topological polar surface area (TPSA) is 26.3 Å². The maximum Gasteiger partial charge on any atom is 0.419 e. The van der Waals surface area contributed by atoms with Crippen molar-refractivity contribution in [2.45, 2.75) is 6.18 Å². The number of ether oxygens (including phenoxy) is 1. The van der Waals surface area contributed by atoms with E-state index in [4.69, 9.17) is 16.3 Å². The molecular formula is C14H7ClF4O2. The number of alkyl halides is 3. The van der Waals surface area contributed by atoms with Crippen molar-refractivity contribution >= 4 is 17.6 Å². The van der Waals surface area contributed by atoms with E-state index in [1.165, 1.54) is 24.3 Å². The second-order valence-electron chi connectivity index (χ2n) is 4.01. The number of rotatable bonds is 2. The number of hydrogen-bond donors (Lipinski definition) is 0. The van der Waals surface area contributed by atoms with Gasteiger partial charge in [-0.1, -0.05) is 17.7 Å². The van der Waals surface area contributed by atoms with E-state index < -0.39 is 29.1 Å². The Morgan fingerprint density at radius 1 is 1.05 bits per heavy atom. The average molecular weight is 319 g/mol. The number of halogens is 5. The Balaban J connectivity index is 2.30. The molecule has 7 heteroatoms. The molecule has 0 saturated heterocycles. The molecule has 2 nitrogen and oxygen atoms in total. The van der Waals surface area contributed by atoms with Gasteiger partial charge in [-0.05, 0) is 36.4 Å². The molecule has 21 heavy (non-hydrogen) atoms. The third-order valence-corrected chi connectivity index (χ3v) is 2.80. The summed E-state index contributed by atoms with van der Waals surface area (Å²) in [5.74, 6) is -2.84. The van der Waals surface area contributed by atoms with Gasteiger partial charge in [0.05, 0.1) is 11.1 Å². The molecule has 0 aliphatic rings. The maximum absolute atomic E-state index is 13.7. The summed E-state index contributed by atoms with van der Waals surface area (Å²) < 4.78 is 56.2. The third-order valence-electron chi connectivity index (χ3n) is 2.55. The highest BCUT2D eigenvalue weighted by Gasteiger charge is 2.36. The van der Waals surface area contributed by atoms with Crippen molar-refractivity contribution in [3.8, 4) is 5.75 Å². The number of benzene rings is 2. The van der Waals surface area contributed by atoms with Crippen LogP contribution in [0, 0.1) is 5.82 Å². The van der Waals surface area contributed by atoms with Gasteiger partial charge >= 0.3 is 12.1 Å². The molecule has 2 aromatic carbocycles. The van der Waals surface area contributed by atoms with Gasteiger partial charge < -0.3 is 4.74 Å². The van der Waals surface area contributed by atoms with Crippen LogP contribution in [0.2, 0.25) is 5.02 Å². The fourth-order valence-electron chi connectivity index (χ4n) is 1.57. The van der Waals surface area contributed by atoms with Gasteiger partial charge in [0.1, 0.15) is 11.6 Å². The van der Waals surface area contributed by atoms with Crippen LogP contribution in [-0.2, 0) is 6.18 Å². The minimum absolute atomic E-state index is 0.0428. The van der Waals surface area contributed by atoms with E-state index in [-0.39, 0.29) is 5.75 Å². The van der Waals surface area contributed by atoms with Crippen LogP contribution in [0.25, 0.3) is 0 Å². The van der Waals surface area contributed by atoms with Gasteiger partial charge in [0.25, 0.3) is 0 Å². The lowest BCUT2D eigenvalue weighted by molar-refractivity contribution is -0.140. The molecule has 0 N–H and O–H groups in total. The molecule has 0 saturated carbocycles. The first-order chi connectivity index (χ1) is 9.79. The van der Waals surface area contributed by atoms with Crippen LogP contribution in [0.1, 0.15) is 15.9 Å². The zero-order chi connectivity index (χ0) is 15.6. The first-order valence-corrected chi connectivity index (χ1v) is 6.00. The highest BCUT2D eigenvalue weighted by atomic mass is 35.5. The molecule has 2 rings (SSSR count). The van der Waals surface area contributed by atoms with E-state index in [2.05, 4.69) is 0 Å². The average Bonchev–Trinajstić information content (AvgIpc) is 2.40. The number of esters is 1. The van der Waals surface area contributed by atoms with Gasteiger partial charge in [0, 0.05) is 5.02 Å². The smallest absolute Gasteiger partial charge is 0.419 e. The molecule has 2 aromatic rings. The van der Waals surface area contributed by atoms with Gasteiger partial charge in [-0.15, -0.1) is 0 Å². The van der Waals surface area contributed by atoms with Crippen molar-refractivity contribution in [2.75, 3.05) is 0 Å². The van der Waals surface area contributed by atoms with Crippen LogP contribution < -0.4 is 4.74 Å². The molecule has 0 aromatic heterocycles. The van der Waals surface area contributed by atoms with Crippen molar-refractivity contribution in [2.24, 2.45) is 0 Å². The highest BCUT2D eigenvalue weighted by Crippen LogP contribution is 2.32. The second-order valence-corrected chi connectivity index (χ2v) is 4.44.